The molecule has 0 aromatic heterocycles. The summed E-state index contributed by atoms with van der Waals surface area (Å²) in [7, 11) is 3.35. The summed E-state index contributed by atoms with van der Waals surface area (Å²) in [5.74, 6) is 1.72. The van der Waals surface area contributed by atoms with E-state index in [1.807, 2.05) is 12.1 Å². The van der Waals surface area contributed by atoms with E-state index < -0.39 is 0 Å². The van der Waals surface area contributed by atoms with Gasteiger partial charge in [0.05, 0.1) is 14.2 Å². The summed E-state index contributed by atoms with van der Waals surface area (Å²) < 4.78 is 10.8. The van der Waals surface area contributed by atoms with Crippen molar-refractivity contribution in [1.82, 2.24) is 0 Å². The Bertz CT molecular complexity index is 407. The van der Waals surface area contributed by atoms with Crippen molar-refractivity contribution in [3.8, 4) is 11.5 Å². The molecule has 0 fully saturated rings. The van der Waals surface area contributed by atoms with Crippen molar-refractivity contribution in [2.75, 3.05) is 20.8 Å². The first-order valence-corrected chi connectivity index (χ1v) is 5.72. The van der Waals surface area contributed by atoms with Gasteiger partial charge in [-0.1, -0.05) is 11.6 Å². The maximum absolute atomic E-state index is 5.59. The van der Waals surface area contributed by atoms with Crippen LogP contribution in [0.4, 0.5) is 0 Å². The predicted octanol–water partition coefficient (Wildman–Crippen LogP) is 2.63. The van der Waals surface area contributed by atoms with Crippen LogP contribution >= 0.6 is 0 Å². The minimum Gasteiger partial charge on any atom is -0.496 e. The molecular formula is C14H21NO2. The lowest BCUT2D eigenvalue weighted by atomic mass is 10.0. The molecule has 94 valence electrons. The highest BCUT2D eigenvalue weighted by Crippen LogP contribution is 2.30. The number of methoxy groups -OCH3 is 2. The fraction of sp³-hybridized carbons (Fsp3) is 0.429. The molecule has 0 bridgehead atoms. The third-order valence-corrected chi connectivity index (χ3v) is 2.49. The first-order chi connectivity index (χ1) is 8.12. The molecule has 1 aromatic carbocycles. The number of hydrogen-bond donors (Lipinski definition) is 1. The standard InChI is InChI=1S/C14H21NO2/c1-10(2)7-12-9-13(16-3)11(5-6-15)8-14(12)17-4/h7-9H,5-6,15H2,1-4H3. The lowest BCUT2D eigenvalue weighted by molar-refractivity contribution is 0.398. The largest absolute Gasteiger partial charge is 0.496 e. The van der Waals surface area contributed by atoms with Gasteiger partial charge < -0.3 is 15.2 Å². The Morgan fingerprint density at radius 3 is 2.29 bits per heavy atom. The monoisotopic (exact) mass is 235 g/mol. The number of benzene rings is 1. The van der Waals surface area contributed by atoms with Crippen LogP contribution in [-0.4, -0.2) is 20.8 Å². The van der Waals surface area contributed by atoms with E-state index in [0.717, 1.165) is 29.0 Å². The molecule has 0 atom stereocenters. The second kappa shape index (κ2) is 6.30. The van der Waals surface area contributed by atoms with Crippen molar-refractivity contribution < 1.29 is 9.47 Å². The van der Waals surface area contributed by atoms with Gasteiger partial charge in [0, 0.05) is 5.56 Å². The van der Waals surface area contributed by atoms with E-state index in [1.54, 1.807) is 14.2 Å². The van der Waals surface area contributed by atoms with Gasteiger partial charge in [0.15, 0.2) is 0 Å². The summed E-state index contributed by atoms with van der Waals surface area (Å²) >= 11 is 0. The van der Waals surface area contributed by atoms with Crippen LogP contribution in [0.3, 0.4) is 0 Å². The van der Waals surface area contributed by atoms with E-state index >= 15 is 0 Å². The van der Waals surface area contributed by atoms with Crippen LogP contribution in [0, 0.1) is 0 Å². The summed E-state index contributed by atoms with van der Waals surface area (Å²) in [6, 6.07) is 4.00. The molecule has 0 aliphatic heterocycles. The lowest BCUT2D eigenvalue weighted by Gasteiger charge is -2.13. The summed E-state index contributed by atoms with van der Waals surface area (Å²) in [4.78, 5) is 0. The van der Waals surface area contributed by atoms with E-state index in [2.05, 4.69) is 19.9 Å². The number of hydrogen-bond acceptors (Lipinski definition) is 3. The van der Waals surface area contributed by atoms with Crippen LogP contribution in [0.25, 0.3) is 6.08 Å². The quantitative estimate of drug-likeness (QED) is 0.853. The van der Waals surface area contributed by atoms with Crippen LogP contribution < -0.4 is 15.2 Å². The highest BCUT2D eigenvalue weighted by atomic mass is 16.5. The maximum atomic E-state index is 5.59. The average molecular weight is 235 g/mol. The molecule has 3 nitrogen and oxygen atoms in total. The Labute approximate surface area is 103 Å². The molecule has 2 N–H and O–H groups in total. The van der Waals surface area contributed by atoms with Gasteiger partial charge >= 0.3 is 0 Å². The van der Waals surface area contributed by atoms with Gasteiger partial charge in [0.25, 0.3) is 0 Å². The molecule has 0 heterocycles. The van der Waals surface area contributed by atoms with Crippen LogP contribution in [0.5, 0.6) is 11.5 Å². The van der Waals surface area contributed by atoms with Gasteiger partial charge in [-0.3, -0.25) is 0 Å². The van der Waals surface area contributed by atoms with Gasteiger partial charge in [-0.25, -0.2) is 0 Å². The Morgan fingerprint density at radius 1 is 1.18 bits per heavy atom. The number of allylic oxidation sites excluding steroid dienone is 1. The summed E-state index contributed by atoms with van der Waals surface area (Å²) in [6.07, 6.45) is 2.86. The molecule has 0 amide bonds. The SMILES string of the molecule is COc1cc(CCN)c(OC)cc1C=C(C)C. The van der Waals surface area contributed by atoms with E-state index in [0.29, 0.717) is 6.54 Å². The number of rotatable bonds is 5. The predicted molar refractivity (Wildman–Crippen MR) is 71.6 cm³/mol. The van der Waals surface area contributed by atoms with Crippen molar-refractivity contribution in [2.45, 2.75) is 20.3 Å². The van der Waals surface area contributed by atoms with Crippen molar-refractivity contribution in [2.24, 2.45) is 5.73 Å². The fourth-order valence-electron chi connectivity index (χ4n) is 1.76. The zero-order valence-electron chi connectivity index (χ0n) is 11.0. The maximum Gasteiger partial charge on any atom is 0.126 e. The first kappa shape index (κ1) is 13.6. The Kier molecular flexibility index (Phi) is 5.04. The smallest absolute Gasteiger partial charge is 0.126 e. The molecular weight excluding hydrogens is 214 g/mol. The van der Waals surface area contributed by atoms with Crippen molar-refractivity contribution in [3.05, 3.63) is 28.8 Å². The normalized spacial score (nSPS) is 9.94. The molecule has 0 saturated carbocycles. The van der Waals surface area contributed by atoms with Crippen LogP contribution in [0.2, 0.25) is 0 Å². The molecule has 0 aliphatic rings. The molecule has 1 rings (SSSR count). The third kappa shape index (κ3) is 3.49. The van der Waals surface area contributed by atoms with Gasteiger partial charge in [-0.15, -0.1) is 0 Å². The molecule has 1 aromatic rings. The number of nitrogens with two attached hydrogens (primary N) is 1. The van der Waals surface area contributed by atoms with E-state index in [1.165, 1.54) is 5.57 Å². The zero-order chi connectivity index (χ0) is 12.8. The molecule has 0 unspecified atom stereocenters. The lowest BCUT2D eigenvalue weighted by Crippen LogP contribution is -2.05. The van der Waals surface area contributed by atoms with E-state index in [-0.39, 0.29) is 0 Å². The van der Waals surface area contributed by atoms with Crippen LogP contribution in [0.15, 0.2) is 17.7 Å². The summed E-state index contributed by atoms with van der Waals surface area (Å²) in [5, 5.41) is 0. The highest BCUT2D eigenvalue weighted by Gasteiger charge is 2.09. The van der Waals surface area contributed by atoms with E-state index in [9.17, 15) is 0 Å². The Morgan fingerprint density at radius 2 is 1.82 bits per heavy atom. The second-order valence-electron chi connectivity index (χ2n) is 4.17. The minimum absolute atomic E-state index is 0.599. The third-order valence-electron chi connectivity index (χ3n) is 2.49. The van der Waals surface area contributed by atoms with Crippen molar-refractivity contribution >= 4 is 6.08 Å². The van der Waals surface area contributed by atoms with E-state index in [4.69, 9.17) is 15.2 Å². The Balaban J connectivity index is 3.27. The average Bonchev–Trinajstić information content (AvgIpc) is 2.30. The second-order valence-corrected chi connectivity index (χ2v) is 4.17. The molecule has 3 heteroatoms. The van der Waals surface area contributed by atoms with Gasteiger partial charge in [-0.2, -0.15) is 0 Å². The number of ether oxygens (including phenoxy) is 2. The highest BCUT2D eigenvalue weighted by molar-refractivity contribution is 5.63. The van der Waals surface area contributed by atoms with Gasteiger partial charge in [0.2, 0.25) is 0 Å². The zero-order valence-corrected chi connectivity index (χ0v) is 11.0. The Hall–Kier alpha value is -1.48. The van der Waals surface area contributed by atoms with Gasteiger partial charge in [-0.05, 0) is 44.5 Å². The first-order valence-electron chi connectivity index (χ1n) is 5.72. The molecule has 17 heavy (non-hydrogen) atoms. The van der Waals surface area contributed by atoms with Crippen molar-refractivity contribution in [1.29, 1.82) is 0 Å². The van der Waals surface area contributed by atoms with Crippen LogP contribution in [-0.2, 0) is 6.42 Å². The molecule has 0 spiro atoms. The molecule has 0 radical (unpaired) electrons. The summed E-state index contributed by atoms with van der Waals surface area (Å²) in [6.45, 7) is 4.71. The van der Waals surface area contributed by atoms with Gasteiger partial charge in [0.1, 0.15) is 11.5 Å². The van der Waals surface area contributed by atoms with Crippen molar-refractivity contribution in [3.63, 3.8) is 0 Å². The molecule has 0 saturated heterocycles. The fourth-order valence-corrected chi connectivity index (χ4v) is 1.76. The topological polar surface area (TPSA) is 44.5 Å². The van der Waals surface area contributed by atoms with Crippen LogP contribution in [0.1, 0.15) is 25.0 Å². The summed E-state index contributed by atoms with van der Waals surface area (Å²) in [5.41, 5.74) is 8.92. The minimum atomic E-state index is 0.599. The molecule has 0 aliphatic carbocycles.